The van der Waals surface area contributed by atoms with Gasteiger partial charge in [-0.25, -0.2) is 0 Å². The Kier molecular flexibility index (Phi) is 9.47. The summed E-state index contributed by atoms with van der Waals surface area (Å²) < 4.78 is 5.41. The molecule has 1 saturated carbocycles. The second kappa shape index (κ2) is 12.2. The highest BCUT2D eigenvalue weighted by Crippen LogP contribution is 2.22. The Morgan fingerprint density at radius 2 is 1.59 bits per heavy atom. The van der Waals surface area contributed by atoms with Crippen molar-refractivity contribution in [2.75, 3.05) is 6.61 Å². The van der Waals surface area contributed by atoms with Crippen LogP contribution in [0.2, 0.25) is 0 Å². The monoisotopic (exact) mass is 366 g/mol. The van der Waals surface area contributed by atoms with E-state index in [2.05, 4.69) is 46.7 Å². The normalized spacial score (nSPS) is 19.5. The summed E-state index contributed by atoms with van der Waals surface area (Å²) in [7, 11) is 0. The Morgan fingerprint density at radius 3 is 2.26 bits per heavy atom. The predicted molar refractivity (Wildman–Crippen MR) is 116 cm³/mol. The lowest BCUT2D eigenvalue weighted by Gasteiger charge is -2.22. The van der Waals surface area contributed by atoms with E-state index in [1.165, 1.54) is 36.8 Å². The lowest BCUT2D eigenvalue weighted by atomic mass is 9.92. The first-order valence-corrected chi connectivity index (χ1v) is 10.4. The minimum Gasteiger partial charge on any atom is -0.494 e. The fourth-order valence-corrected chi connectivity index (χ4v) is 3.42. The van der Waals surface area contributed by atoms with Crippen LogP contribution in [-0.4, -0.2) is 25.0 Å². The zero-order valence-electron chi connectivity index (χ0n) is 17.0. The summed E-state index contributed by atoms with van der Waals surface area (Å²) >= 11 is 0. The zero-order valence-corrected chi connectivity index (χ0v) is 17.0. The van der Waals surface area contributed by atoms with Gasteiger partial charge in [-0.3, -0.25) is 4.99 Å². The fourth-order valence-electron chi connectivity index (χ4n) is 3.42. The number of benzene rings is 2. The van der Waals surface area contributed by atoms with Crippen molar-refractivity contribution in [3.8, 4) is 5.75 Å². The van der Waals surface area contributed by atoms with Crippen molar-refractivity contribution in [2.45, 2.75) is 65.0 Å². The van der Waals surface area contributed by atoms with Crippen LogP contribution in [0.4, 0.5) is 0 Å². The van der Waals surface area contributed by atoms with Crippen LogP contribution in [0.5, 0.6) is 5.75 Å². The maximum absolute atomic E-state index is 5.41. The highest BCUT2D eigenvalue weighted by Gasteiger charge is 2.26. The first-order chi connectivity index (χ1) is 13.3. The number of rotatable bonds is 4. The molecule has 2 atom stereocenters. The molecule has 3 heteroatoms. The predicted octanol–water partition coefficient (Wildman–Crippen LogP) is 5.63. The number of nitrogens with zero attached hydrogens (tertiary/aromatic N) is 1. The molecular formula is C24H34N2O. The van der Waals surface area contributed by atoms with Crippen LogP contribution < -0.4 is 10.1 Å². The van der Waals surface area contributed by atoms with Crippen molar-refractivity contribution in [2.24, 2.45) is 4.99 Å². The van der Waals surface area contributed by atoms with E-state index in [1.54, 1.807) is 0 Å². The third-order valence-corrected chi connectivity index (χ3v) is 4.77. The molecule has 27 heavy (non-hydrogen) atoms. The van der Waals surface area contributed by atoms with E-state index in [0.717, 1.165) is 18.8 Å². The molecule has 1 aliphatic carbocycles. The van der Waals surface area contributed by atoms with Crippen LogP contribution in [0.1, 0.15) is 57.6 Å². The molecule has 0 spiro atoms. The summed E-state index contributed by atoms with van der Waals surface area (Å²) in [6, 6.07) is 20.1. The van der Waals surface area contributed by atoms with Crippen LogP contribution in [0, 0.1) is 0 Å². The maximum atomic E-state index is 5.41. The molecule has 0 bridgehead atoms. The van der Waals surface area contributed by atoms with E-state index < -0.39 is 0 Å². The van der Waals surface area contributed by atoms with Gasteiger partial charge in [0.25, 0.3) is 0 Å². The number of nitrogens with one attached hydrogen (secondary N) is 1. The van der Waals surface area contributed by atoms with Crippen LogP contribution in [-0.2, 0) is 6.42 Å². The van der Waals surface area contributed by atoms with Crippen LogP contribution in [0.15, 0.2) is 59.6 Å². The number of aliphatic imine (C=N–C) groups is 1. The highest BCUT2D eigenvalue weighted by molar-refractivity contribution is 5.58. The third-order valence-electron chi connectivity index (χ3n) is 4.77. The summed E-state index contributed by atoms with van der Waals surface area (Å²) in [6.45, 7) is 6.72. The van der Waals surface area contributed by atoms with Crippen LogP contribution in [0.25, 0.3) is 0 Å². The Morgan fingerprint density at radius 1 is 0.926 bits per heavy atom. The van der Waals surface area contributed by atoms with E-state index in [1.807, 2.05) is 45.3 Å². The largest absolute Gasteiger partial charge is 0.494 e. The van der Waals surface area contributed by atoms with Gasteiger partial charge in [-0.2, -0.15) is 0 Å². The van der Waals surface area contributed by atoms with Gasteiger partial charge in [0, 0.05) is 6.04 Å². The quantitative estimate of drug-likeness (QED) is 0.760. The van der Waals surface area contributed by atoms with Crippen molar-refractivity contribution in [3.63, 3.8) is 0 Å². The zero-order chi connectivity index (χ0) is 19.3. The highest BCUT2D eigenvalue weighted by atomic mass is 16.5. The number of ether oxygens (including phenoxy) is 1. The smallest absolute Gasteiger partial charge is 0.119 e. The van der Waals surface area contributed by atoms with Gasteiger partial charge in [0.15, 0.2) is 0 Å². The second-order valence-corrected chi connectivity index (χ2v) is 6.64. The van der Waals surface area contributed by atoms with E-state index in [0.29, 0.717) is 12.1 Å². The van der Waals surface area contributed by atoms with Crippen molar-refractivity contribution >= 4 is 6.34 Å². The molecule has 2 aromatic carbocycles. The molecule has 0 amide bonds. The molecule has 2 aliphatic rings. The molecule has 1 aliphatic heterocycles. The van der Waals surface area contributed by atoms with Gasteiger partial charge in [0.1, 0.15) is 5.75 Å². The van der Waals surface area contributed by atoms with Crippen molar-refractivity contribution in [3.05, 3.63) is 65.7 Å². The first kappa shape index (κ1) is 21.0. The van der Waals surface area contributed by atoms with Gasteiger partial charge in [-0.05, 0) is 49.4 Å². The summed E-state index contributed by atoms with van der Waals surface area (Å²) in [6.07, 6.45) is 8.24. The molecule has 0 saturated heterocycles. The summed E-state index contributed by atoms with van der Waals surface area (Å²) in [5, 5.41) is 3.27. The van der Waals surface area contributed by atoms with Crippen molar-refractivity contribution < 1.29 is 4.74 Å². The van der Waals surface area contributed by atoms with Gasteiger partial charge in [-0.15, -0.1) is 0 Å². The SMILES string of the molecule is C1=NC2CCCCC2N1.CC.CCOc1ccc(Cc2ccccc2)cc1. The number of hydrogen-bond donors (Lipinski definition) is 1. The topological polar surface area (TPSA) is 33.6 Å². The van der Waals surface area contributed by atoms with Crippen LogP contribution >= 0.6 is 0 Å². The molecule has 1 heterocycles. The third kappa shape index (κ3) is 7.09. The maximum Gasteiger partial charge on any atom is 0.119 e. The van der Waals surface area contributed by atoms with Crippen LogP contribution in [0.3, 0.4) is 0 Å². The Hall–Kier alpha value is -2.29. The molecule has 0 aromatic heterocycles. The fraction of sp³-hybridized carbons (Fsp3) is 0.458. The average Bonchev–Trinajstić information content (AvgIpc) is 3.21. The molecular weight excluding hydrogens is 332 g/mol. The summed E-state index contributed by atoms with van der Waals surface area (Å²) in [5.41, 5.74) is 2.65. The minimum absolute atomic E-state index is 0.624. The standard InChI is InChI=1S/C15H16O.C7H12N2.C2H6/c1-2-16-15-10-8-14(9-11-15)12-13-6-4-3-5-7-13;1-2-4-7-6(3-1)8-5-9-7;1-2/h3-11H,2,12H2,1H3;5-7H,1-4H2,(H,8,9);1-2H3. The Bertz CT molecular complexity index is 652. The molecule has 3 nitrogen and oxygen atoms in total. The molecule has 1 N–H and O–H groups in total. The average molecular weight is 367 g/mol. The summed E-state index contributed by atoms with van der Waals surface area (Å²) in [4.78, 5) is 4.32. The lowest BCUT2D eigenvalue weighted by molar-refractivity contribution is 0.340. The molecule has 4 rings (SSSR count). The number of fused-ring (bicyclic) bond motifs is 1. The Labute approximate surface area is 164 Å². The van der Waals surface area contributed by atoms with Gasteiger partial charge in [-0.1, -0.05) is 69.2 Å². The minimum atomic E-state index is 0.624. The molecule has 0 radical (unpaired) electrons. The van der Waals surface area contributed by atoms with Gasteiger partial charge in [0.05, 0.1) is 19.0 Å². The van der Waals surface area contributed by atoms with Gasteiger partial charge < -0.3 is 10.1 Å². The van der Waals surface area contributed by atoms with E-state index in [9.17, 15) is 0 Å². The number of hydrogen-bond acceptors (Lipinski definition) is 3. The van der Waals surface area contributed by atoms with E-state index >= 15 is 0 Å². The van der Waals surface area contributed by atoms with E-state index in [4.69, 9.17) is 4.74 Å². The molecule has 1 fully saturated rings. The molecule has 2 unspecified atom stereocenters. The molecule has 146 valence electrons. The van der Waals surface area contributed by atoms with Gasteiger partial charge in [0.2, 0.25) is 0 Å². The van der Waals surface area contributed by atoms with Crippen molar-refractivity contribution in [1.29, 1.82) is 0 Å². The molecule has 2 aromatic rings. The van der Waals surface area contributed by atoms with Crippen molar-refractivity contribution in [1.82, 2.24) is 5.32 Å². The summed E-state index contributed by atoms with van der Waals surface area (Å²) in [5.74, 6) is 0.944. The van der Waals surface area contributed by atoms with Gasteiger partial charge >= 0.3 is 0 Å². The second-order valence-electron chi connectivity index (χ2n) is 6.64. The Balaban J connectivity index is 0.000000200. The van der Waals surface area contributed by atoms with E-state index in [-0.39, 0.29) is 0 Å². The first-order valence-electron chi connectivity index (χ1n) is 10.4. The lowest BCUT2D eigenvalue weighted by Crippen LogP contribution is -2.34.